The third-order valence-corrected chi connectivity index (χ3v) is 5.42. The van der Waals surface area contributed by atoms with E-state index in [-0.39, 0.29) is 12.3 Å². The van der Waals surface area contributed by atoms with E-state index in [0.717, 1.165) is 17.5 Å². The van der Waals surface area contributed by atoms with Crippen molar-refractivity contribution in [3.8, 4) is 11.5 Å². The minimum atomic E-state index is -0.971. The monoisotopic (exact) mass is 424 g/mol. The predicted octanol–water partition coefficient (Wildman–Crippen LogP) is 3.39. The van der Waals surface area contributed by atoms with Crippen LogP contribution in [0.2, 0.25) is 0 Å². The molecule has 31 heavy (non-hydrogen) atoms. The van der Waals surface area contributed by atoms with Gasteiger partial charge >= 0.3 is 5.97 Å². The SMILES string of the molecule is COc1ccc(C(=O)c2c(C)n(CC(=O)O)c3cc(OC)cc(CCN(C)C)c23)cc1. The maximum Gasteiger partial charge on any atom is 0.323 e. The number of carbonyl (C=O) groups is 2. The summed E-state index contributed by atoms with van der Waals surface area (Å²) < 4.78 is 12.3. The lowest BCUT2D eigenvalue weighted by atomic mass is 9.96. The van der Waals surface area contributed by atoms with Gasteiger partial charge in [-0.3, -0.25) is 9.59 Å². The Morgan fingerprint density at radius 1 is 1.03 bits per heavy atom. The van der Waals surface area contributed by atoms with Gasteiger partial charge in [0.25, 0.3) is 0 Å². The van der Waals surface area contributed by atoms with Gasteiger partial charge in [-0.05, 0) is 63.3 Å². The molecule has 164 valence electrons. The number of aliphatic carboxylic acids is 1. The number of hydrogen-bond acceptors (Lipinski definition) is 5. The number of methoxy groups -OCH3 is 2. The third-order valence-electron chi connectivity index (χ3n) is 5.42. The minimum Gasteiger partial charge on any atom is -0.497 e. The topological polar surface area (TPSA) is 81.0 Å². The van der Waals surface area contributed by atoms with E-state index in [2.05, 4.69) is 4.90 Å². The third kappa shape index (κ3) is 4.56. The summed E-state index contributed by atoms with van der Waals surface area (Å²) in [7, 11) is 7.13. The van der Waals surface area contributed by atoms with Crippen LogP contribution in [-0.2, 0) is 17.8 Å². The van der Waals surface area contributed by atoms with Gasteiger partial charge in [0, 0.05) is 29.3 Å². The van der Waals surface area contributed by atoms with E-state index in [4.69, 9.17) is 9.47 Å². The van der Waals surface area contributed by atoms with Crippen molar-refractivity contribution in [2.75, 3.05) is 34.9 Å². The predicted molar refractivity (Wildman–Crippen MR) is 120 cm³/mol. The lowest BCUT2D eigenvalue weighted by molar-refractivity contribution is -0.137. The van der Waals surface area contributed by atoms with Gasteiger partial charge in [0.05, 0.1) is 25.3 Å². The van der Waals surface area contributed by atoms with Gasteiger partial charge in [-0.25, -0.2) is 0 Å². The molecule has 1 aromatic heterocycles. The van der Waals surface area contributed by atoms with Crippen LogP contribution >= 0.6 is 0 Å². The fraction of sp³-hybridized carbons (Fsp3) is 0.333. The second kappa shape index (κ2) is 9.22. The number of ether oxygens (including phenoxy) is 2. The van der Waals surface area contributed by atoms with Gasteiger partial charge in [0.15, 0.2) is 5.78 Å². The number of ketones is 1. The number of nitrogens with zero attached hydrogens (tertiary/aromatic N) is 2. The molecule has 1 heterocycles. The van der Waals surface area contributed by atoms with Gasteiger partial charge in [0.1, 0.15) is 18.0 Å². The molecule has 3 rings (SSSR count). The molecular formula is C24H28N2O5. The average Bonchev–Trinajstić information content (AvgIpc) is 3.02. The number of aromatic nitrogens is 1. The molecule has 0 aliphatic rings. The van der Waals surface area contributed by atoms with Crippen LogP contribution in [0, 0.1) is 6.92 Å². The second-order valence-electron chi connectivity index (χ2n) is 7.73. The van der Waals surface area contributed by atoms with Crippen molar-refractivity contribution in [2.45, 2.75) is 19.9 Å². The Bertz CT molecular complexity index is 1110. The molecule has 0 saturated carbocycles. The van der Waals surface area contributed by atoms with Crippen molar-refractivity contribution in [3.05, 3.63) is 58.8 Å². The van der Waals surface area contributed by atoms with Crippen molar-refractivity contribution in [2.24, 2.45) is 0 Å². The molecule has 1 N–H and O–H groups in total. The van der Waals surface area contributed by atoms with Crippen LogP contribution < -0.4 is 9.47 Å². The van der Waals surface area contributed by atoms with E-state index < -0.39 is 5.97 Å². The van der Waals surface area contributed by atoms with Gasteiger partial charge < -0.3 is 24.0 Å². The Labute approximate surface area is 181 Å². The minimum absolute atomic E-state index is 0.148. The summed E-state index contributed by atoms with van der Waals surface area (Å²) in [6.07, 6.45) is 0.695. The first kappa shape index (κ1) is 22.4. The fourth-order valence-corrected chi connectivity index (χ4v) is 3.82. The summed E-state index contributed by atoms with van der Waals surface area (Å²) in [5, 5.41) is 10.3. The Hall–Kier alpha value is -3.32. The van der Waals surface area contributed by atoms with Gasteiger partial charge in [-0.15, -0.1) is 0 Å². The number of benzene rings is 2. The Kier molecular flexibility index (Phi) is 6.65. The number of carboxylic acid groups (broad SMARTS) is 1. The fourth-order valence-electron chi connectivity index (χ4n) is 3.82. The van der Waals surface area contributed by atoms with Crippen LogP contribution in [0.5, 0.6) is 11.5 Å². The van der Waals surface area contributed by atoms with Crippen molar-refractivity contribution in [1.29, 1.82) is 0 Å². The van der Waals surface area contributed by atoms with Crippen molar-refractivity contribution >= 4 is 22.7 Å². The average molecular weight is 424 g/mol. The Morgan fingerprint density at radius 2 is 1.68 bits per heavy atom. The molecule has 0 aliphatic carbocycles. The summed E-state index contributed by atoms with van der Waals surface area (Å²) in [5.74, 6) is 0.179. The Balaban J connectivity index is 2.28. The lowest BCUT2D eigenvalue weighted by Gasteiger charge is -2.13. The largest absolute Gasteiger partial charge is 0.497 e. The zero-order valence-electron chi connectivity index (χ0n) is 18.6. The molecule has 0 atom stereocenters. The number of likely N-dealkylation sites (N-methyl/N-ethyl adjacent to an activating group) is 1. The van der Waals surface area contributed by atoms with Crippen LogP contribution in [0.1, 0.15) is 27.2 Å². The first-order chi connectivity index (χ1) is 14.8. The molecule has 0 saturated heterocycles. The zero-order chi connectivity index (χ0) is 22.7. The van der Waals surface area contributed by atoms with E-state index in [1.807, 2.05) is 20.2 Å². The van der Waals surface area contributed by atoms with E-state index in [1.54, 1.807) is 56.0 Å². The first-order valence-corrected chi connectivity index (χ1v) is 10.0. The highest BCUT2D eigenvalue weighted by molar-refractivity contribution is 6.18. The van der Waals surface area contributed by atoms with Crippen LogP contribution in [0.25, 0.3) is 10.9 Å². The highest BCUT2D eigenvalue weighted by atomic mass is 16.5. The molecule has 0 amide bonds. The maximum atomic E-state index is 13.6. The van der Waals surface area contributed by atoms with Gasteiger partial charge in [-0.1, -0.05) is 0 Å². The molecule has 0 radical (unpaired) electrons. The molecule has 3 aromatic rings. The summed E-state index contributed by atoms with van der Waals surface area (Å²) in [5.41, 5.74) is 3.31. The highest BCUT2D eigenvalue weighted by Crippen LogP contribution is 2.35. The first-order valence-electron chi connectivity index (χ1n) is 10.0. The van der Waals surface area contributed by atoms with Crippen LogP contribution in [-0.4, -0.2) is 61.2 Å². The maximum absolute atomic E-state index is 13.6. The van der Waals surface area contributed by atoms with Crippen LogP contribution in [0.15, 0.2) is 36.4 Å². The standard InChI is InChI=1S/C24H28N2O5/c1-15-22(24(29)16-6-8-18(30-4)9-7-16)23-17(10-11-25(2)3)12-19(31-5)13-20(23)26(15)14-21(27)28/h6-9,12-13H,10-11,14H2,1-5H3,(H,27,28). The summed E-state index contributed by atoms with van der Waals surface area (Å²) in [6.45, 7) is 2.34. The number of carbonyl (C=O) groups excluding carboxylic acids is 1. The molecule has 2 aromatic carbocycles. The lowest BCUT2D eigenvalue weighted by Crippen LogP contribution is -2.15. The summed E-state index contributed by atoms with van der Waals surface area (Å²) in [6, 6.07) is 10.7. The quantitative estimate of drug-likeness (QED) is 0.531. The van der Waals surface area contributed by atoms with E-state index in [0.29, 0.717) is 40.3 Å². The number of carboxylic acids is 1. The molecule has 0 unspecified atom stereocenters. The smallest absolute Gasteiger partial charge is 0.323 e. The van der Waals surface area contributed by atoms with E-state index in [9.17, 15) is 14.7 Å². The number of rotatable bonds is 9. The van der Waals surface area contributed by atoms with Crippen molar-refractivity contribution in [3.63, 3.8) is 0 Å². The number of fused-ring (bicyclic) bond motifs is 1. The molecule has 7 heteroatoms. The number of hydrogen-bond donors (Lipinski definition) is 1. The summed E-state index contributed by atoms with van der Waals surface area (Å²) in [4.78, 5) is 27.2. The molecule has 0 aliphatic heterocycles. The van der Waals surface area contributed by atoms with Crippen molar-refractivity contribution < 1.29 is 24.2 Å². The normalized spacial score (nSPS) is 11.2. The van der Waals surface area contributed by atoms with Crippen LogP contribution in [0.3, 0.4) is 0 Å². The zero-order valence-corrected chi connectivity index (χ0v) is 18.6. The van der Waals surface area contributed by atoms with E-state index >= 15 is 0 Å². The summed E-state index contributed by atoms with van der Waals surface area (Å²) >= 11 is 0. The molecule has 0 fully saturated rings. The molecule has 0 bridgehead atoms. The molecular weight excluding hydrogens is 396 g/mol. The van der Waals surface area contributed by atoms with Crippen molar-refractivity contribution in [1.82, 2.24) is 9.47 Å². The van der Waals surface area contributed by atoms with Crippen LogP contribution in [0.4, 0.5) is 0 Å². The van der Waals surface area contributed by atoms with Gasteiger partial charge in [0.2, 0.25) is 0 Å². The molecule has 0 spiro atoms. The highest BCUT2D eigenvalue weighted by Gasteiger charge is 2.25. The van der Waals surface area contributed by atoms with E-state index in [1.165, 1.54) is 0 Å². The second-order valence-corrected chi connectivity index (χ2v) is 7.73. The molecule has 7 nitrogen and oxygen atoms in total. The Morgan fingerprint density at radius 3 is 2.23 bits per heavy atom. The van der Waals surface area contributed by atoms with Gasteiger partial charge in [-0.2, -0.15) is 0 Å².